The quantitative estimate of drug-likeness (QED) is 0.318. The first-order valence-corrected chi connectivity index (χ1v) is 12.9. The maximum Gasteiger partial charge on any atom is 0.231 e. The monoisotopic (exact) mass is 515 g/mol. The van der Waals surface area contributed by atoms with Crippen LogP contribution in [0.4, 0.5) is 27.5 Å². The highest BCUT2D eigenvalue weighted by molar-refractivity contribution is 6.18. The molecule has 196 valence electrons. The van der Waals surface area contributed by atoms with Gasteiger partial charge in [0.25, 0.3) is 0 Å². The highest BCUT2D eigenvalue weighted by Crippen LogP contribution is 2.30. The van der Waals surface area contributed by atoms with E-state index in [1.54, 1.807) is 6.20 Å². The van der Waals surface area contributed by atoms with Crippen molar-refractivity contribution in [3.8, 4) is 0 Å². The normalized spacial score (nSPS) is 18.2. The van der Waals surface area contributed by atoms with Gasteiger partial charge in [0.05, 0.1) is 23.6 Å². The van der Waals surface area contributed by atoms with Crippen molar-refractivity contribution in [2.75, 3.05) is 62.0 Å². The number of carbonyl (C=O) groups excluding carboxylic acids is 1. The van der Waals surface area contributed by atoms with E-state index in [2.05, 4.69) is 49.6 Å². The Labute approximate surface area is 220 Å². The highest BCUT2D eigenvalue weighted by Gasteiger charge is 2.23. The molecule has 0 aliphatic carbocycles. The Morgan fingerprint density at radius 1 is 1.05 bits per heavy atom. The predicted molar refractivity (Wildman–Crippen MR) is 146 cm³/mol. The molecule has 9 nitrogen and oxygen atoms in total. The lowest BCUT2D eigenvalue weighted by Gasteiger charge is -2.34. The molecule has 0 amide bonds. The standard InChI is InChI=1S/C28H30FN7O2/c1-35-11-13-36(14-12-35)22-8-6-20(7-9-22)32-28-33-26-24(27(34-28)31-21-10-15-38-17-21)23(16-30-26)25(37)18-2-4-19(29)5-3-18/h2-9,16,21H,10-15,17H2,1H3,(H3,30,31,32,33,34)/t21-/m1/s1. The minimum Gasteiger partial charge on any atom is -0.379 e. The van der Waals surface area contributed by atoms with Crippen LogP contribution in [-0.4, -0.2) is 78.1 Å². The van der Waals surface area contributed by atoms with Gasteiger partial charge in [0.2, 0.25) is 5.95 Å². The van der Waals surface area contributed by atoms with Gasteiger partial charge in [-0.2, -0.15) is 9.97 Å². The Balaban J connectivity index is 1.29. The molecule has 2 aromatic carbocycles. The number of nitrogens with one attached hydrogen (secondary N) is 3. The predicted octanol–water partition coefficient (Wildman–Crippen LogP) is 4.02. The average molecular weight is 516 g/mol. The summed E-state index contributed by atoms with van der Waals surface area (Å²) in [5.74, 6) is 0.341. The van der Waals surface area contributed by atoms with Gasteiger partial charge in [-0.1, -0.05) is 0 Å². The molecule has 3 N–H and O–H groups in total. The molecule has 0 saturated carbocycles. The number of anilines is 4. The molecule has 0 spiro atoms. The fraction of sp³-hybridized carbons (Fsp3) is 0.321. The van der Waals surface area contributed by atoms with E-state index < -0.39 is 0 Å². The van der Waals surface area contributed by atoms with Crippen LogP contribution >= 0.6 is 0 Å². The van der Waals surface area contributed by atoms with Crippen LogP contribution in [0.25, 0.3) is 11.0 Å². The summed E-state index contributed by atoms with van der Waals surface area (Å²) < 4.78 is 19.0. The third-order valence-electron chi connectivity index (χ3n) is 7.15. The number of ether oxygens (including phenoxy) is 1. The Bertz CT molecular complexity index is 1420. The summed E-state index contributed by atoms with van der Waals surface area (Å²) in [7, 11) is 2.15. The van der Waals surface area contributed by atoms with Crippen LogP contribution in [0.3, 0.4) is 0 Å². The smallest absolute Gasteiger partial charge is 0.231 e. The van der Waals surface area contributed by atoms with E-state index in [4.69, 9.17) is 9.72 Å². The van der Waals surface area contributed by atoms with Gasteiger partial charge < -0.3 is 30.2 Å². The van der Waals surface area contributed by atoms with Crippen LogP contribution in [0.1, 0.15) is 22.3 Å². The number of aromatic amines is 1. The lowest BCUT2D eigenvalue weighted by molar-refractivity contribution is 0.104. The van der Waals surface area contributed by atoms with Gasteiger partial charge in [0, 0.05) is 55.9 Å². The lowest BCUT2D eigenvalue weighted by Crippen LogP contribution is -2.44. The van der Waals surface area contributed by atoms with E-state index in [0.717, 1.165) is 38.3 Å². The number of fused-ring (bicyclic) bond motifs is 1. The first-order chi connectivity index (χ1) is 18.5. The second kappa shape index (κ2) is 10.4. The molecule has 0 radical (unpaired) electrons. The van der Waals surface area contributed by atoms with Crippen LogP contribution < -0.4 is 15.5 Å². The second-order valence-electron chi connectivity index (χ2n) is 9.82. The molecule has 0 bridgehead atoms. The third kappa shape index (κ3) is 5.05. The highest BCUT2D eigenvalue weighted by atomic mass is 19.1. The van der Waals surface area contributed by atoms with Gasteiger partial charge in [0.15, 0.2) is 5.78 Å². The van der Waals surface area contributed by atoms with Crippen molar-refractivity contribution >= 4 is 40.0 Å². The topological polar surface area (TPSA) is 98.4 Å². The number of ketones is 1. The molecule has 4 aromatic rings. The summed E-state index contributed by atoms with van der Waals surface area (Å²) in [6.45, 7) is 5.36. The first kappa shape index (κ1) is 24.3. The van der Waals surface area contributed by atoms with E-state index >= 15 is 0 Å². The maximum absolute atomic E-state index is 13.4. The zero-order valence-electron chi connectivity index (χ0n) is 21.2. The molecule has 2 fully saturated rings. The molecule has 6 rings (SSSR count). The number of likely N-dealkylation sites (N-methyl/N-ethyl adjacent to an activating group) is 1. The van der Waals surface area contributed by atoms with Crippen molar-refractivity contribution in [1.29, 1.82) is 0 Å². The Morgan fingerprint density at radius 2 is 1.82 bits per heavy atom. The number of benzene rings is 2. The SMILES string of the molecule is CN1CCN(c2ccc(Nc3nc(N[C@@H]4CCOC4)c4c(C(=O)c5ccc(F)cc5)c[nH]c4n3)cc2)CC1. The van der Waals surface area contributed by atoms with Gasteiger partial charge in [-0.25, -0.2) is 4.39 Å². The summed E-state index contributed by atoms with van der Waals surface area (Å²) >= 11 is 0. The molecule has 2 aliphatic rings. The largest absolute Gasteiger partial charge is 0.379 e. The van der Waals surface area contributed by atoms with Crippen LogP contribution in [-0.2, 0) is 4.74 Å². The molecule has 0 unspecified atom stereocenters. The number of aromatic nitrogens is 3. The van der Waals surface area contributed by atoms with Gasteiger partial charge in [-0.05, 0) is 62.0 Å². The average Bonchev–Trinajstić information content (AvgIpc) is 3.60. The van der Waals surface area contributed by atoms with Crippen molar-refractivity contribution in [2.24, 2.45) is 0 Å². The first-order valence-electron chi connectivity index (χ1n) is 12.9. The number of hydrogen-bond acceptors (Lipinski definition) is 8. The van der Waals surface area contributed by atoms with E-state index in [1.807, 2.05) is 12.1 Å². The third-order valence-corrected chi connectivity index (χ3v) is 7.15. The van der Waals surface area contributed by atoms with Crippen molar-refractivity contribution in [1.82, 2.24) is 19.9 Å². The van der Waals surface area contributed by atoms with Crippen LogP contribution in [0.15, 0.2) is 54.7 Å². The number of nitrogens with zero attached hydrogens (tertiary/aromatic N) is 4. The molecule has 2 saturated heterocycles. The van der Waals surface area contributed by atoms with Crippen LogP contribution in [0.2, 0.25) is 0 Å². The molecule has 4 heterocycles. The van der Waals surface area contributed by atoms with Gasteiger partial charge in [-0.3, -0.25) is 4.79 Å². The number of carbonyl (C=O) groups is 1. The summed E-state index contributed by atoms with van der Waals surface area (Å²) in [4.78, 5) is 30.6. The summed E-state index contributed by atoms with van der Waals surface area (Å²) in [6, 6.07) is 13.9. The van der Waals surface area contributed by atoms with Crippen molar-refractivity contribution in [3.63, 3.8) is 0 Å². The molecular formula is C28H30FN7O2. The minimum atomic E-state index is -0.389. The maximum atomic E-state index is 13.4. The van der Waals surface area contributed by atoms with E-state index in [9.17, 15) is 9.18 Å². The Morgan fingerprint density at radius 3 is 2.53 bits per heavy atom. The molecule has 1 atom stereocenters. The molecule has 2 aliphatic heterocycles. The van der Waals surface area contributed by atoms with Crippen molar-refractivity contribution in [3.05, 3.63) is 71.7 Å². The Kier molecular flexibility index (Phi) is 6.65. The van der Waals surface area contributed by atoms with Crippen LogP contribution in [0.5, 0.6) is 0 Å². The van der Waals surface area contributed by atoms with E-state index in [0.29, 0.717) is 47.1 Å². The number of halogens is 1. The number of rotatable bonds is 7. The van der Waals surface area contributed by atoms with E-state index in [1.165, 1.54) is 30.0 Å². The number of piperazine rings is 1. The summed E-state index contributed by atoms with van der Waals surface area (Å²) in [5, 5.41) is 7.36. The molecule has 10 heteroatoms. The fourth-order valence-corrected chi connectivity index (χ4v) is 4.92. The van der Waals surface area contributed by atoms with Gasteiger partial charge in [0.1, 0.15) is 17.3 Å². The van der Waals surface area contributed by atoms with E-state index in [-0.39, 0.29) is 17.6 Å². The van der Waals surface area contributed by atoms with Gasteiger partial charge >= 0.3 is 0 Å². The second-order valence-corrected chi connectivity index (χ2v) is 9.82. The summed E-state index contributed by atoms with van der Waals surface area (Å²) in [6.07, 6.45) is 2.48. The zero-order chi connectivity index (χ0) is 26.1. The minimum absolute atomic E-state index is 0.0764. The summed E-state index contributed by atoms with van der Waals surface area (Å²) in [5.41, 5.74) is 3.41. The number of H-pyrrole nitrogens is 1. The molecular weight excluding hydrogens is 485 g/mol. The zero-order valence-corrected chi connectivity index (χ0v) is 21.2. The van der Waals surface area contributed by atoms with Crippen LogP contribution in [0, 0.1) is 5.82 Å². The molecule has 2 aromatic heterocycles. The molecule has 38 heavy (non-hydrogen) atoms. The lowest BCUT2D eigenvalue weighted by atomic mass is 10.0. The Hall–Kier alpha value is -4.02. The van der Waals surface area contributed by atoms with Crippen molar-refractivity contribution in [2.45, 2.75) is 12.5 Å². The van der Waals surface area contributed by atoms with Crippen molar-refractivity contribution < 1.29 is 13.9 Å². The van der Waals surface area contributed by atoms with Gasteiger partial charge in [-0.15, -0.1) is 0 Å². The fourth-order valence-electron chi connectivity index (χ4n) is 4.92. The number of hydrogen-bond donors (Lipinski definition) is 3.